The third-order valence-corrected chi connectivity index (χ3v) is 10.4. The molecule has 0 saturated heterocycles. The standard InChI is InChI=1S/C52H32O/c1-3-14-33(15-4-1)35-28-29-48-47(30-35)52-44(24-13-25-49(52)53-48)46-31-36-26-27-37(32-45(36)38-18-7-8-19-39(38)46)51-42-22-11-9-20-40(42)50(34-16-5-2-6-17-34)41-21-10-12-23-43(41)51/h1-32H/i1D,2D,3D,4D,5D,6D,14D,15D,16D,17D. The Hall–Kier alpha value is -6.96. The minimum absolute atomic E-state index is 0.131. The van der Waals surface area contributed by atoms with E-state index in [4.69, 9.17) is 18.1 Å². The summed E-state index contributed by atoms with van der Waals surface area (Å²) in [6.45, 7) is 0. The molecule has 1 aromatic heterocycles. The first-order chi connectivity index (χ1) is 30.4. The molecule has 1 nitrogen and oxygen atoms in total. The van der Waals surface area contributed by atoms with Gasteiger partial charge in [-0.15, -0.1) is 0 Å². The molecule has 0 fully saturated rings. The first-order valence-electron chi connectivity index (χ1n) is 22.4. The number of furan rings is 1. The van der Waals surface area contributed by atoms with E-state index in [9.17, 15) is 0 Å². The highest BCUT2D eigenvalue weighted by atomic mass is 16.3. The normalized spacial score (nSPS) is 14.4. The van der Waals surface area contributed by atoms with Crippen molar-refractivity contribution in [3.8, 4) is 44.5 Å². The molecule has 11 aromatic rings. The van der Waals surface area contributed by atoms with E-state index in [0.717, 1.165) is 76.1 Å². The van der Waals surface area contributed by atoms with Crippen LogP contribution in [0.3, 0.4) is 0 Å². The number of benzene rings is 10. The first kappa shape index (κ1) is 21.4. The van der Waals surface area contributed by atoms with E-state index in [2.05, 4.69) is 42.5 Å². The predicted molar refractivity (Wildman–Crippen MR) is 225 cm³/mol. The van der Waals surface area contributed by atoms with Crippen LogP contribution < -0.4 is 0 Å². The van der Waals surface area contributed by atoms with Gasteiger partial charge in [0.1, 0.15) is 11.2 Å². The van der Waals surface area contributed by atoms with Crippen molar-refractivity contribution in [2.75, 3.05) is 0 Å². The molecule has 0 saturated carbocycles. The maximum Gasteiger partial charge on any atom is 0.136 e. The third kappa shape index (κ3) is 4.64. The van der Waals surface area contributed by atoms with Crippen molar-refractivity contribution in [2.45, 2.75) is 0 Å². The lowest BCUT2D eigenvalue weighted by Crippen LogP contribution is -1.91. The number of hydrogen-bond donors (Lipinski definition) is 0. The molecule has 0 radical (unpaired) electrons. The van der Waals surface area contributed by atoms with Gasteiger partial charge in [-0.3, -0.25) is 0 Å². The van der Waals surface area contributed by atoms with E-state index in [1.54, 1.807) is 12.1 Å². The Balaban J connectivity index is 1.14. The molecule has 0 aliphatic carbocycles. The molecular formula is C52H32O. The van der Waals surface area contributed by atoms with E-state index < -0.39 is 12.1 Å². The maximum atomic E-state index is 8.93. The van der Waals surface area contributed by atoms with Crippen molar-refractivity contribution >= 4 is 65.0 Å². The average molecular weight is 683 g/mol. The topological polar surface area (TPSA) is 13.1 Å². The fraction of sp³-hybridized carbons (Fsp3) is 0. The molecule has 10 aromatic carbocycles. The Morgan fingerprint density at radius 3 is 1.58 bits per heavy atom. The molecule has 0 spiro atoms. The number of hydrogen-bond acceptors (Lipinski definition) is 1. The minimum atomic E-state index is -0.437. The quantitative estimate of drug-likeness (QED) is 0.133. The summed E-state index contributed by atoms with van der Waals surface area (Å²) in [6.07, 6.45) is 0. The summed E-state index contributed by atoms with van der Waals surface area (Å²) < 4.78 is 91.5. The van der Waals surface area contributed by atoms with Crippen LogP contribution >= 0.6 is 0 Å². The lowest BCUT2D eigenvalue weighted by Gasteiger charge is -2.18. The van der Waals surface area contributed by atoms with Crippen LogP contribution in [0.1, 0.15) is 13.7 Å². The van der Waals surface area contributed by atoms with Gasteiger partial charge in [-0.05, 0) is 118 Å². The fourth-order valence-electron chi connectivity index (χ4n) is 8.16. The lowest BCUT2D eigenvalue weighted by atomic mass is 9.85. The van der Waals surface area contributed by atoms with Crippen LogP contribution in [0.25, 0.3) is 110 Å². The van der Waals surface area contributed by atoms with Crippen molar-refractivity contribution in [1.29, 1.82) is 0 Å². The fourth-order valence-corrected chi connectivity index (χ4v) is 8.16. The van der Waals surface area contributed by atoms with Crippen LogP contribution in [0, 0.1) is 0 Å². The molecule has 0 aliphatic rings. The van der Waals surface area contributed by atoms with Crippen molar-refractivity contribution < 1.29 is 18.1 Å². The van der Waals surface area contributed by atoms with E-state index >= 15 is 0 Å². The Labute approximate surface area is 321 Å². The van der Waals surface area contributed by atoms with Crippen molar-refractivity contribution in [3.63, 3.8) is 0 Å². The third-order valence-electron chi connectivity index (χ3n) is 10.4. The molecule has 0 bridgehead atoms. The average Bonchev–Trinajstić information content (AvgIpc) is 3.69. The van der Waals surface area contributed by atoms with Crippen molar-refractivity contribution in [2.24, 2.45) is 0 Å². The summed E-state index contributed by atoms with van der Waals surface area (Å²) in [5.74, 6) is 0. The van der Waals surface area contributed by atoms with E-state index in [0.29, 0.717) is 22.3 Å². The first-order valence-corrected chi connectivity index (χ1v) is 17.4. The highest BCUT2D eigenvalue weighted by Crippen LogP contribution is 2.46. The second-order valence-electron chi connectivity index (χ2n) is 13.2. The van der Waals surface area contributed by atoms with Crippen molar-refractivity contribution in [1.82, 2.24) is 0 Å². The highest BCUT2D eigenvalue weighted by Gasteiger charge is 2.19. The minimum Gasteiger partial charge on any atom is -0.456 e. The van der Waals surface area contributed by atoms with E-state index in [1.165, 1.54) is 0 Å². The van der Waals surface area contributed by atoms with Gasteiger partial charge < -0.3 is 4.42 Å². The molecule has 53 heavy (non-hydrogen) atoms. The van der Waals surface area contributed by atoms with E-state index in [1.807, 2.05) is 78.9 Å². The van der Waals surface area contributed by atoms with Crippen LogP contribution in [-0.4, -0.2) is 0 Å². The molecule has 0 N–H and O–H groups in total. The molecular weight excluding hydrogens is 641 g/mol. The van der Waals surface area contributed by atoms with Crippen LogP contribution in [0.15, 0.2) is 198 Å². The number of rotatable bonds is 4. The largest absolute Gasteiger partial charge is 0.456 e. The summed E-state index contributed by atoms with van der Waals surface area (Å²) in [5, 5.41) is 9.01. The van der Waals surface area contributed by atoms with Gasteiger partial charge in [-0.25, -0.2) is 0 Å². The second kappa shape index (κ2) is 11.8. The van der Waals surface area contributed by atoms with Gasteiger partial charge in [-0.2, -0.15) is 0 Å². The summed E-state index contributed by atoms with van der Waals surface area (Å²) in [6, 6.07) is 40.5. The Morgan fingerprint density at radius 1 is 0.340 bits per heavy atom. The molecule has 11 rings (SSSR count). The molecule has 246 valence electrons. The molecule has 0 aliphatic heterocycles. The summed E-state index contributed by atoms with van der Waals surface area (Å²) >= 11 is 0. The summed E-state index contributed by atoms with van der Waals surface area (Å²) in [5.41, 5.74) is 6.49. The SMILES string of the molecule is [2H]c1c([2H])c([2H])c(-c2ccc3oc4cccc(-c5cc6ccc(-c7c8ccccc8c(-c8c([2H])c([2H])c([2H])c([2H])c8[2H])c8ccccc78)cc6c6ccccc56)c4c3c2)c([2H])c1[2H]. The van der Waals surface area contributed by atoms with Crippen LogP contribution in [0.5, 0.6) is 0 Å². The van der Waals surface area contributed by atoms with E-state index in [-0.39, 0.29) is 59.5 Å². The van der Waals surface area contributed by atoms with Crippen LogP contribution in [0.2, 0.25) is 0 Å². The predicted octanol–water partition coefficient (Wildman–Crippen LogP) is 14.9. The highest BCUT2D eigenvalue weighted by molar-refractivity contribution is 6.24. The monoisotopic (exact) mass is 682 g/mol. The zero-order valence-electron chi connectivity index (χ0n) is 38.1. The maximum absolute atomic E-state index is 8.93. The van der Waals surface area contributed by atoms with Gasteiger partial charge in [0.15, 0.2) is 0 Å². The Bertz CT molecular complexity index is 3700. The molecule has 1 heteroatoms. The zero-order valence-corrected chi connectivity index (χ0v) is 28.1. The van der Waals surface area contributed by atoms with Gasteiger partial charge >= 0.3 is 0 Å². The second-order valence-corrected chi connectivity index (χ2v) is 13.2. The molecule has 1 heterocycles. The van der Waals surface area contributed by atoms with Gasteiger partial charge in [0.2, 0.25) is 0 Å². The van der Waals surface area contributed by atoms with Gasteiger partial charge in [0.25, 0.3) is 0 Å². The van der Waals surface area contributed by atoms with Gasteiger partial charge in [0.05, 0.1) is 13.7 Å². The Kier molecular flexibility index (Phi) is 4.77. The van der Waals surface area contributed by atoms with Gasteiger partial charge in [0, 0.05) is 10.8 Å². The number of fused-ring (bicyclic) bond motifs is 8. The molecule has 0 atom stereocenters. The summed E-state index contributed by atoms with van der Waals surface area (Å²) in [4.78, 5) is 0. The lowest BCUT2D eigenvalue weighted by molar-refractivity contribution is 0.669. The Morgan fingerprint density at radius 2 is 0.906 bits per heavy atom. The van der Waals surface area contributed by atoms with Crippen molar-refractivity contribution in [3.05, 3.63) is 194 Å². The molecule has 0 amide bonds. The van der Waals surface area contributed by atoms with Gasteiger partial charge in [-0.1, -0.05) is 164 Å². The molecule has 0 unspecified atom stereocenters. The summed E-state index contributed by atoms with van der Waals surface area (Å²) in [7, 11) is 0. The zero-order chi connectivity index (χ0) is 43.6. The smallest absolute Gasteiger partial charge is 0.136 e. The van der Waals surface area contributed by atoms with Crippen LogP contribution in [0.4, 0.5) is 0 Å². The van der Waals surface area contributed by atoms with Crippen LogP contribution in [-0.2, 0) is 0 Å².